The molecule has 0 saturated heterocycles. The van der Waals surface area contributed by atoms with Gasteiger partial charge in [0.15, 0.2) is 18.1 Å². The molecular formula is C12H19FN+. The molecule has 0 bridgehead atoms. The number of hydrogen-bond acceptors (Lipinski definition) is 0. The molecule has 1 heterocycles. The van der Waals surface area contributed by atoms with Crippen molar-refractivity contribution in [3.8, 4) is 0 Å². The summed E-state index contributed by atoms with van der Waals surface area (Å²) in [6.07, 6.45) is 3.51. The third-order valence-corrected chi connectivity index (χ3v) is 2.34. The summed E-state index contributed by atoms with van der Waals surface area (Å²) in [5, 5.41) is 0. The molecule has 0 aromatic carbocycles. The fourth-order valence-corrected chi connectivity index (χ4v) is 1.41. The van der Waals surface area contributed by atoms with Crippen molar-refractivity contribution in [1.29, 1.82) is 0 Å². The van der Waals surface area contributed by atoms with Gasteiger partial charge in [-0.3, -0.25) is 0 Å². The Balaban J connectivity index is 3.15. The zero-order valence-corrected chi connectivity index (χ0v) is 9.63. The van der Waals surface area contributed by atoms with Crippen molar-refractivity contribution in [2.75, 3.05) is 0 Å². The highest BCUT2D eigenvalue weighted by Gasteiger charge is 2.21. The van der Waals surface area contributed by atoms with E-state index in [-0.39, 0.29) is 11.2 Å². The molecule has 1 nitrogen and oxygen atoms in total. The smallest absolute Gasteiger partial charge is 0.200 e. The molecule has 1 rings (SSSR count). The van der Waals surface area contributed by atoms with Crippen LogP contribution in [0.3, 0.4) is 0 Å². The molecule has 0 aliphatic carbocycles. The minimum atomic E-state index is -0.125. The van der Waals surface area contributed by atoms with Crippen LogP contribution >= 0.6 is 0 Å². The predicted octanol–water partition coefficient (Wildman–Crippen LogP) is 2.99. The van der Waals surface area contributed by atoms with Crippen molar-refractivity contribution in [3.05, 3.63) is 29.8 Å². The van der Waals surface area contributed by atoms with Crippen LogP contribution < -0.4 is 4.57 Å². The summed E-state index contributed by atoms with van der Waals surface area (Å²) < 4.78 is 15.6. The Kier molecular flexibility index (Phi) is 2.93. The van der Waals surface area contributed by atoms with E-state index in [0.29, 0.717) is 6.04 Å². The van der Waals surface area contributed by atoms with Crippen LogP contribution in [0.25, 0.3) is 0 Å². The summed E-state index contributed by atoms with van der Waals surface area (Å²) in [5.41, 5.74) is 0.648. The Morgan fingerprint density at radius 1 is 1.29 bits per heavy atom. The number of rotatable bonds is 1. The molecule has 0 atom stereocenters. The van der Waals surface area contributed by atoms with Crippen LogP contribution in [-0.4, -0.2) is 0 Å². The van der Waals surface area contributed by atoms with Gasteiger partial charge in [0.2, 0.25) is 6.20 Å². The monoisotopic (exact) mass is 196 g/mol. The van der Waals surface area contributed by atoms with Gasteiger partial charge in [-0.2, -0.15) is 0 Å². The van der Waals surface area contributed by atoms with Crippen LogP contribution in [0.4, 0.5) is 4.39 Å². The molecule has 2 heteroatoms. The SMILES string of the molecule is CC(C)[n+]1ccc(C(C)(C)C)c(F)c1. The molecule has 78 valence electrons. The third kappa shape index (κ3) is 2.31. The van der Waals surface area contributed by atoms with Crippen molar-refractivity contribution in [3.63, 3.8) is 0 Å². The predicted molar refractivity (Wildman–Crippen MR) is 55.7 cm³/mol. The van der Waals surface area contributed by atoms with E-state index in [2.05, 4.69) is 0 Å². The molecule has 1 aromatic heterocycles. The maximum absolute atomic E-state index is 13.7. The highest BCUT2D eigenvalue weighted by Crippen LogP contribution is 2.23. The van der Waals surface area contributed by atoms with Crippen molar-refractivity contribution >= 4 is 0 Å². The van der Waals surface area contributed by atoms with E-state index < -0.39 is 0 Å². The summed E-state index contributed by atoms with van der Waals surface area (Å²) in [6, 6.07) is 2.17. The second-order valence-electron chi connectivity index (χ2n) is 5.00. The van der Waals surface area contributed by atoms with Gasteiger partial charge in [0.1, 0.15) is 0 Å². The average Bonchev–Trinajstić information content (AvgIpc) is 2.01. The standard InChI is InChI=1S/C12H19FN/c1-9(2)14-7-6-10(11(13)8-14)12(3,4)5/h6-9H,1-5H3/q+1. The van der Waals surface area contributed by atoms with Gasteiger partial charge in [-0.15, -0.1) is 0 Å². The van der Waals surface area contributed by atoms with Crippen LogP contribution in [0.1, 0.15) is 46.2 Å². The lowest BCUT2D eigenvalue weighted by atomic mass is 9.87. The van der Waals surface area contributed by atoms with E-state index >= 15 is 0 Å². The number of halogens is 1. The lowest BCUT2D eigenvalue weighted by Crippen LogP contribution is -2.36. The molecule has 1 aromatic rings. The highest BCUT2D eigenvalue weighted by molar-refractivity contribution is 5.19. The van der Waals surface area contributed by atoms with Crippen molar-refractivity contribution in [1.82, 2.24) is 0 Å². The molecular weight excluding hydrogens is 177 g/mol. The second-order valence-corrected chi connectivity index (χ2v) is 5.00. The van der Waals surface area contributed by atoms with Gasteiger partial charge in [0, 0.05) is 11.6 Å². The van der Waals surface area contributed by atoms with Crippen molar-refractivity contribution in [2.24, 2.45) is 0 Å². The summed E-state index contributed by atoms with van der Waals surface area (Å²) in [6.45, 7) is 10.1. The second kappa shape index (κ2) is 3.68. The third-order valence-electron chi connectivity index (χ3n) is 2.34. The first-order valence-corrected chi connectivity index (χ1v) is 5.03. The molecule has 0 saturated carbocycles. The van der Waals surface area contributed by atoms with Gasteiger partial charge in [0.25, 0.3) is 0 Å². The number of pyridine rings is 1. The first-order chi connectivity index (χ1) is 6.32. The van der Waals surface area contributed by atoms with Crippen LogP contribution in [0.2, 0.25) is 0 Å². The fourth-order valence-electron chi connectivity index (χ4n) is 1.41. The van der Waals surface area contributed by atoms with Gasteiger partial charge in [-0.25, -0.2) is 8.96 Å². The van der Waals surface area contributed by atoms with E-state index in [1.54, 1.807) is 6.20 Å². The normalized spacial score (nSPS) is 12.2. The first-order valence-electron chi connectivity index (χ1n) is 5.03. The Bertz CT molecular complexity index is 324. The molecule has 14 heavy (non-hydrogen) atoms. The topological polar surface area (TPSA) is 3.88 Å². The Morgan fingerprint density at radius 3 is 2.21 bits per heavy atom. The van der Waals surface area contributed by atoms with E-state index in [9.17, 15) is 4.39 Å². The molecule has 0 aliphatic heterocycles. The van der Waals surface area contributed by atoms with Gasteiger partial charge in [-0.1, -0.05) is 20.8 Å². The van der Waals surface area contributed by atoms with Crippen LogP contribution in [-0.2, 0) is 5.41 Å². The molecule has 0 unspecified atom stereocenters. The number of aromatic nitrogens is 1. The van der Waals surface area contributed by atoms with E-state index in [4.69, 9.17) is 0 Å². The number of nitrogens with zero attached hydrogens (tertiary/aromatic N) is 1. The van der Waals surface area contributed by atoms with Gasteiger partial charge in [0.05, 0.1) is 0 Å². The molecule has 0 fully saturated rings. The largest absolute Gasteiger partial charge is 0.205 e. The van der Waals surface area contributed by atoms with E-state index in [1.807, 2.05) is 51.4 Å². The first kappa shape index (κ1) is 11.2. The average molecular weight is 196 g/mol. The van der Waals surface area contributed by atoms with E-state index in [0.717, 1.165) is 5.56 Å². The molecule has 0 aliphatic rings. The Morgan fingerprint density at radius 2 is 1.86 bits per heavy atom. The van der Waals surface area contributed by atoms with Crippen LogP contribution in [0, 0.1) is 5.82 Å². The summed E-state index contributed by atoms with van der Waals surface area (Å²) >= 11 is 0. The van der Waals surface area contributed by atoms with Crippen molar-refractivity contribution < 1.29 is 8.96 Å². The summed E-state index contributed by atoms with van der Waals surface area (Å²) in [4.78, 5) is 0. The molecule has 0 N–H and O–H groups in total. The Labute approximate surface area is 85.6 Å². The van der Waals surface area contributed by atoms with Crippen LogP contribution in [0.15, 0.2) is 18.5 Å². The van der Waals surface area contributed by atoms with E-state index in [1.165, 1.54) is 0 Å². The van der Waals surface area contributed by atoms with Gasteiger partial charge in [-0.05, 0) is 19.3 Å². The quantitative estimate of drug-likeness (QED) is 0.608. The minimum absolute atomic E-state index is 0.117. The fraction of sp³-hybridized carbons (Fsp3) is 0.583. The Hall–Kier alpha value is -0.920. The zero-order chi connectivity index (χ0) is 10.9. The minimum Gasteiger partial charge on any atom is -0.200 e. The molecule has 0 amide bonds. The maximum Gasteiger partial charge on any atom is 0.205 e. The lowest BCUT2D eigenvalue weighted by Gasteiger charge is -2.18. The molecule has 0 spiro atoms. The lowest BCUT2D eigenvalue weighted by molar-refractivity contribution is -0.717. The van der Waals surface area contributed by atoms with Crippen LogP contribution in [0.5, 0.6) is 0 Å². The zero-order valence-electron chi connectivity index (χ0n) is 9.63. The van der Waals surface area contributed by atoms with Gasteiger partial charge >= 0.3 is 0 Å². The number of hydrogen-bond donors (Lipinski definition) is 0. The molecule has 0 radical (unpaired) electrons. The van der Waals surface area contributed by atoms with Gasteiger partial charge < -0.3 is 0 Å². The maximum atomic E-state index is 13.7. The summed E-state index contributed by atoms with van der Waals surface area (Å²) in [7, 11) is 0. The van der Waals surface area contributed by atoms with Crippen molar-refractivity contribution in [2.45, 2.75) is 46.1 Å². The summed E-state index contributed by atoms with van der Waals surface area (Å²) in [5.74, 6) is -0.117. The highest BCUT2D eigenvalue weighted by atomic mass is 19.1.